The number of ether oxygens (including phenoxy) is 1. The van der Waals surface area contributed by atoms with Gasteiger partial charge >= 0.3 is 5.97 Å². The van der Waals surface area contributed by atoms with Gasteiger partial charge in [0.25, 0.3) is 0 Å². The molecule has 1 unspecified atom stereocenters. The maximum Gasteiger partial charge on any atom is 0.302 e. The number of anilines is 1. The predicted molar refractivity (Wildman–Crippen MR) is 176 cm³/mol. The molecule has 12 nitrogen and oxygen atoms in total. The number of nitrogens with one attached hydrogen (secondary N) is 3. The fourth-order valence-corrected chi connectivity index (χ4v) is 5.32. The van der Waals surface area contributed by atoms with Crippen molar-refractivity contribution < 1.29 is 33.5 Å². The molecule has 0 aliphatic carbocycles. The summed E-state index contributed by atoms with van der Waals surface area (Å²) in [4.78, 5) is 76.7. The highest BCUT2D eigenvalue weighted by molar-refractivity contribution is 6.03. The van der Waals surface area contributed by atoms with E-state index in [1.54, 1.807) is 24.3 Å². The molecule has 12 heteroatoms. The first-order chi connectivity index (χ1) is 22.6. The van der Waals surface area contributed by atoms with Crippen molar-refractivity contribution in [1.82, 2.24) is 15.5 Å². The molecule has 0 spiro atoms. The Kier molecular flexibility index (Phi) is 15.0. The van der Waals surface area contributed by atoms with Gasteiger partial charge in [-0.25, -0.2) is 0 Å². The predicted octanol–water partition coefficient (Wildman–Crippen LogP) is 2.98. The number of esters is 1. The number of hydrogen-bond acceptors (Lipinski definition) is 8. The number of imide groups is 1. The molecule has 5 N–H and O–H groups in total. The molecule has 0 saturated carbocycles. The molecule has 3 atom stereocenters. The normalized spacial score (nSPS) is 15.6. The quantitative estimate of drug-likeness (QED) is 0.102. The first-order valence-corrected chi connectivity index (χ1v) is 16.3. The zero-order valence-corrected chi connectivity index (χ0v) is 27.3. The second-order valence-corrected chi connectivity index (χ2v) is 11.8. The lowest BCUT2D eigenvalue weighted by molar-refractivity contribution is -0.142. The van der Waals surface area contributed by atoms with E-state index in [1.807, 2.05) is 37.3 Å². The fourth-order valence-electron chi connectivity index (χ4n) is 5.32. The second kappa shape index (κ2) is 19.2. The minimum absolute atomic E-state index is 0.113. The summed E-state index contributed by atoms with van der Waals surface area (Å²) in [6.45, 7) is 4.02. The Morgan fingerprint density at radius 3 is 2.26 bits per heavy atom. The molecule has 47 heavy (non-hydrogen) atoms. The second-order valence-electron chi connectivity index (χ2n) is 11.8. The molecule has 5 amide bonds. The SMILES string of the molecule is CCC1CC(=O)N(CCCCCC(=O)N[C@@H](Cc2ccccc2)C(=O)N[C@@H](CCCN)C(=O)Nc2ccc(COC(C)=O)cc2)C1=O. The van der Waals surface area contributed by atoms with E-state index in [4.69, 9.17) is 10.5 Å². The Morgan fingerprint density at radius 2 is 1.62 bits per heavy atom. The largest absolute Gasteiger partial charge is 0.461 e. The third kappa shape index (κ3) is 12.3. The van der Waals surface area contributed by atoms with Crippen molar-refractivity contribution in [1.29, 1.82) is 0 Å². The summed E-state index contributed by atoms with van der Waals surface area (Å²) in [6, 6.07) is 14.3. The molecular formula is C35H47N5O7. The fraction of sp³-hybridized carbons (Fsp3) is 0.486. The molecule has 0 radical (unpaired) electrons. The van der Waals surface area contributed by atoms with E-state index in [2.05, 4.69) is 16.0 Å². The third-order valence-electron chi connectivity index (χ3n) is 8.04. The maximum absolute atomic E-state index is 13.6. The van der Waals surface area contributed by atoms with Crippen molar-refractivity contribution in [2.24, 2.45) is 11.7 Å². The topological polar surface area (TPSA) is 177 Å². The van der Waals surface area contributed by atoms with Crippen LogP contribution < -0.4 is 21.7 Å². The molecule has 254 valence electrons. The third-order valence-corrected chi connectivity index (χ3v) is 8.04. The van der Waals surface area contributed by atoms with Crippen LogP contribution in [-0.4, -0.2) is 65.6 Å². The summed E-state index contributed by atoms with van der Waals surface area (Å²) in [5.74, 6) is -2.10. The van der Waals surface area contributed by atoms with Crippen LogP contribution >= 0.6 is 0 Å². The smallest absolute Gasteiger partial charge is 0.302 e. The van der Waals surface area contributed by atoms with Gasteiger partial charge in [0, 0.05) is 44.3 Å². The number of nitrogens with zero attached hydrogens (tertiary/aromatic N) is 1. The number of amides is 5. The molecule has 1 aliphatic heterocycles. The van der Waals surface area contributed by atoms with E-state index in [0.717, 1.165) is 11.1 Å². The molecule has 0 bridgehead atoms. The highest BCUT2D eigenvalue weighted by Gasteiger charge is 2.36. The minimum Gasteiger partial charge on any atom is -0.461 e. The first kappa shape index (κ1) is 36.9. The van der Waals surface area contributed by atoms with Crippen molar-refractivity contribution >= 4 is 41.2 Å². The van der Waals surface area contributed by atoms with Gasteiger partial charge in [-0.1, -0.05) is 55.8 Å². The van der Waals surface area contributed by atoms with Crippen molar-refractivity contribution in [3.8, 4) is 0 Å². The van der Waals surface area contributed by atoms with Gasteiger partial charge in [-0.2, -0.15) is 0 Å². The molecule has 1 heterocycles. The van der Waals surface area contributed by atoms with E-state index < -0.39 is 29.9 Å². The highest BCUT2D eigenvalue weighted by atomic mass is 16.5. The Hall–Kier alpha value is -4.58. The van der Waals surface area contributed by atoms with Crippen molar-refractivity contribution in [2.45, 2.75) is 90.3 Å². The number of hydrogen-bond donors (Lipinski definition) is 4. The molecule has 3 rings (SSSR count). The Bertz CT molecular complexity index is 1370. The van der Waals surface area contributed by atoms with Gasteiger partial charge in [-0.3, -0.25) is 33.7 Å². The van der Waals surface area contributed by atoms with Crippen molar-refractivity contribution in [3.63, 3.8) is 0 Å². The Balaban J connectivity index is 1.58. The van der Waals surface area contributed by atoms with Gasteiger partial charge in [0.1, 0.15) is 18.7 Å². The minimum atomic E-state index is -0.926. The van der Waals surface area contributed by atoms with Crippen LogP contribution in [0.5, 0.6) is 0 Å². The van der Waals surface area contributed by atoms with Gasteiger partial charge in [0.2, 0.25) is 29.5 Å². The molecular weight excluding hydrogens is 602 g/mol. The van der Waals surface area contributed by atoms with Gasteiger partial charge in [-0.15, -0.1) is 0 Å². The van der Waals surface area contributed by atoms with Crippen LogP contribution in [0.2, 0.25) is 0 Å². The number of carbonyl (C=O) groups excluding carboxylic acids is 6. The summed E-state index contributed by atoms with van der Waals surface area (Å²) in [5.41, 5.74) is 7.82. The maximum atomic E-state index is 13.6. The van der Waals surface area contributed by atoms with Crippen LogP contribution in [0.25, 0.3) is 0 Å². The lowest BCUT2D eigenvalue weighted by Gasteiger charge is -2.23. The molecule has 1 saturated heterocycles. The van der Waals surface area contributed by atoms with Crippen LogP contribution in [0.3, 0.4) is 0 Å². The zero-order chi connectivity index (χ0) is 34.2. The van der Waals surface area contributed by atoms with Crippen LogP contribution in [-0.2, 0) is 46.5 Å². The standard InChI is InChI=1S/C35H47N5O7/c1-3-27-22-32(43)40(35(27)46)20-9-5-8-14-31(42)38-30(21-25-11-6-4-7-12-25)34(45)39-29(13-10-19-36)33(44)37-28-17-15-26(16-18-28)23-47-24(2)41/h4,6-7,11-12,15-18,27,29-30H,3,5,8-10,13-14,19-23,36H2,1-2H3,(H,37,44)(H,38,42)(H,39,45)/t27?,29-,30-/m0/s1. The van der Waals surface area contributed by atoms with E-state index in [9.17, 15) is 28.8 Å². The monoisotopic (exact) mass is 649 g/mol. The summed E-state index contributed by atoms with van der Waals surface area (Å²) in [7, 11) is 0. The van der Waals surface area contributed by atoms with Gasteiger partial charge < -0.3 is 26.4 Å². The highest BCUT2D eigenvalue weighted by Crippen LogP contribution is 2.23. The van der Waals surface area contributed by atoms with E-state index in [1.165, 1.54) is 11.8 Å². The average Bonchev–Trinajstić information content (AvgIpc) is 3.33. The number of benzene rings is 2. The molecule has 0 aromatic heterocycles. The van der Waals surface area contributed by atoms with E-state index in [-0.39, 0.29) is 49.5 Å². The van der Waals surface area contributed by atoms with Crippen molar-refractivity contribution in [3.05, 3.63) is 65.7 Å². The zero-order valence-electron chi connectivity index (χ0n) is 27.3. The number of nitrogens with two attached hydrogens (primary N) is 1. The summed E-state index contributed by atoms with van der Waals surface area (Å²) >= 11 is 0. The molecule has 1 fully saturated rings. The average molecular weight is 650 g/mol. The molecule has 1 aliphatic rings. The lowest BCUT2D eigenvalue weighted by Crippen LogP contribution is -2.53. The summed E-state index contributed by atoms with van der Waals surface area (Å²) < 4.78 is 4.99. The lowest BCUT2D eigenvalue weighted by atomic mass is 10.0. The summed E-state index contributed by atoms with van der Waals surface area (Å²) in [6.07, 6.45) is 3.86. The molecule has 2 aromatic carbocycles. The number of unbranched alkanes of at least 4 members (excludes halogenated alkanes) is 2. The number of rotatable bonds is 19. The molecule has 2 aromatic rings. The van der Waals surface area contributed by atoms with Gasteiger partial charge in [0.05, 0.1) is 0 Å². The Labute approximate surface area is 276 Å². The van der Waals surface area contributed by atoms with E-state index >= 15 is 0 Å². The van der Waals surface area contributed by atoms with Crippen LogP contribution in [0.15, 0.2) is 54.6 Å². The van der Waals surface area contributed by atoms with Crippen LogP contribution in [0.4, 0.5) is 5.69 Å². The van der Waals surface area contributed by atoms with Crippen molar-refractivity contribution in [2.75, 3.05) is 18.4 Å². The summed E-state index contributed by atoms with van der Waals surface area (Å²) in [5, 5.41) is 8.47. The van der Waals surface area contributed by atoms with Gasteiger partial charge in [0.15, 0.2) is 0 Å². The number of carbonyl (C=O) groups is 6. The Morgan fingerprint density at radius 1 is 0.894 bits per heavy atom. The van der Waals surface area contributed by atoms with Crippen LogP contribution in [0.1, 0.15) is 76.3 Å². The number of likely N-dealkylation sites (tertiary alicyclic amines) is 1. The van der Waals surface area contributed by atoms with Crippen LogP contribution in [0, 0.1) is 5.92 Å². The van der Waals surface area contributed by atoms with Gasteiger partial charge in [-0.05, 0) is 61.9 Å². The first-order valence-electron chi connectivity index (χ1n) is 16.3. The van der Waals surface area contributed by atoms with E-state index in [0.29, 0.717) is 57.3 Å².